The second-order valence-corrected chi connectivity index (χ2v) is 6.70. The summed E-state index contributed by atoms with van der Waals surface area (Å²) in [5.41, 5.74) is 2.00. The number of rotatable bonds is 8. The summed E-state index contributed by atoms with van der Waals surface area (Å²) in [6.07, 6.45) is 1.55. The minimum atomic E-state index is -3.40. The first-order valence-electron chi connectivity index (χ1n) is 7.15. The van der Waals surface area contributed by atoms with E-state index in [4.69, 9.17) is 13.7 Å². The van der Waals surface area contributed by atoms with Gasteiger partial charge in [-0.3, -0.25) is 4.18 Å². The van der Waals surface area contributed by atoms with Gasteiger partial charge in [0.1, 0.15) is 18.1 Å². The van der Waals surface area contributed by atoms with Gasteiger partial charge in [-0.1, -0.05) is 24.3 Å². The molecule has 0 amide bonds. The van der Waals surface area contributed by atoms with Crippen molar-refractivity contribution >= 4 is 10.1 Å². The lowest BCUT2D eigenvalue weighted by Crippen LogP contribution is -2.06. The Bertz CT molecular complexity index is 723. The van der Waals surface area contributed by atoms with Gasteiger partial charge in [0.25, 0.3) is 10.1 Å². The van der Waals surface area contributed by atoms with Crippen molar-refractivity contribution in [2.24, 2.45) is 0 Å². The average molecular weight is 336 g/mol. The third-order valence-corrected chi connectivity index (χ3v) is 3.75. The fraction of sp³-hybridized carbons (Fsp3) is 0.294. The summed E-state index contributed by atoms with van der Waals surface area (Å²) in [5.74, 6) is 1.54. The van der Waals surface area contributed by atoms with Gasteiger partial charge in [-0.05, 0) is 41.8 Å². The molecule has 0 heterocycles. The molecule has 0 aliphatic heterocycles. The number of benzene rings is 2. The first kappa shape index (κ1) is 17.3. The van der Waals surface area contributed by atoms with E-state index in [2.05, 4.69) is 0 Å². The number of hydrogen-bond acceptors (Lipinski definition) is 5. The zero-order valence-corrected chi connectivity index (χ0v) is 14.0. The summed E-state index contributed by atoms with van der Waals surface area (Å²) in [5, 5.41) is 0. The lowest BCUT2D eigenvalue weighted by Gasteiger charge is -2.09. The zero-order chi connectivity index (χ0) is 16.7. The molecular formula is C17H20O5S. The third kappa shape index (κ3) is 6.30. The topological polar surface area (TPSA) is 61.8 Å². The van der Waals surface area contributed by atoms with E-state index in [1.807, 2.05) is 48.5 Å². The summed E-state index contributed by atoms with van der Waals surface area (Å²) < 4.78 is 37.5. The van der Waals surface area contributed by atoms with E-state index in [0.717, 1.165) is 28.9 Å². The Kier molecular flexibility index (Phi) is 6.01. The van der Waals surface area contributed by atoms with Crippen LogP contribution in [-0.2, 0) is 27.3 Å². The molecule has 0 spiro atoms. The van der Waals surface area contributed by atoms with E-state index >= 15 is 0 Å². The van der Waals surface area contributed by atoms with Crippen molar-refractivity contribution in [3.63, 3.8) is 0 Å². The van der Waals surface area contributed by atoms with E-state index in [1.54, 1.807) is 7.11 Å². The van der Waals surface area contributed by atoms with Gasteiger partial charge in [-0.2, -0.15) is 8.42 Å². The van der Waals surface area contributed by atoms with Crippen LogP contribution in [0.3, 0.4) is 0 Å². The van der Waals surface area contributed by atoms with Crippen LogP contribution >= 0.6 is 0 Å². The van der Waals surface area contributed by atoms with Crippen LogP contribution in [-0.4, -0.2) is 28.4 Å². The van der Waals surface area contributed by atoms with Gasteiger partial charge in [0.05, 0.1) is 20.0 Å². The van der Waals surface area contributed by atoms with Crippen molar-refractivity contribution < 1.29 is 22.1 Å². The average Bonchev–Trinajstić information content (AvgIpc) is 2.53. The standard InChI is InChI=1S/C17H20O5S/c1-20-16-8-6-15(7-9-16)13-21-17-5-3-4-14(12-17)10-11-22-23(2,18)19/h3-9,12H,10-11,13H2,1-2H3. The molecule has 23 heavy (non-hydrogen) atoms. The van der Waals surface area contributed by atoms with E-state index in [9.17, 15) is 8.42 Å². The van der Waals surface area contributed by atoms with Gasteiger partial charge in [0, 0.05) is 0 Å². The Morgan fingerprint density at radius 2 is 1.70 bits per heavy atom. The summed E-state index contributed by atoms with van der Waals surface area (Å²) in [4.78, 5) is 0. The molecule has 0 bridgehead atoms. The van der Waals surface area contributed by atoms with Crippen LogP contribution in [0.1, 0.15) is 11.1 Å². The number of methoxy groups -OCH3 is 1. The Morgan fingerprint density at radius 1 is 0.957 bits per heavy atom. The molecule has 0 aromatic heterocycles. The molecular weight excluding hydrogens is 316 g/mol. The van der Waals surface area contributed by atoms with Crippen LogP contribution in [0.4, 0.5) is 0 Å². The number of ether oxygens (including phenoxy) is 2. The third-order valence-electron chi connectivity index (χ3n) is 3.15. The fourth-order valence-electron chi connectivity index (χ4n) is 1.99. The van der Waals surface area contributed by atoms with Crippen molar-refractivity contribution in [2.75, 3.05) is 20.0 Å². The van der Waals surface area contributed by atoms with E-state index in [-0.39, 0.29) is 6.61 Å². The lowest BCUT2D eigenvalue weighted by molar-refractivity contribution is 0.304. The molecule has 6 heteroatoms. The van der Waals surface area contributed by atoms with Crippen molar-refractivity contribution in [2.45, 2.75) is 13.0 Å². The second-order valence-electron chi connectivity index (χ2n) is 5.06. The zero-order valence-electron chi connectivity index (χ0n) is 13.2. The maximum atomic E-state index is 10.9. The Hall–Kier alpha value is -2.05. The van der Waals surface area contributed by atoms with Crippen LogP contribution < -0.4 is 9.47 Å². The van der Waals surface area contributed by atoms with Gasteiger partial charge in [0.2, 0.25) is 0 Å². The highest BCUT2D eigenvalue weighted by Crippen LogP contribution is 2.17. The summed E-state index contributed by atoms with van der Waals surface area (Å²) in [6.45, 7) is 0.577. The summed E-state index contributed by atoms with van der Waals surface area (Å²) >= 11 is 0. The van der Waals surface area contributed by atoms with E-state index in [0.29, 0.717) is 13.0 Å². The quantitative estimate of drug-likeness (QED) is 0.694. The summed E-state index contributed by atoms with van der Waals surface area (Å²) in [7, 11) is -1.77. The molecule has 0 saturated carbocycles. The Balaban J connectivity index is 1.88. The normalized spacial score (nSPS) is 11.2. The first-order chi connectivity index (χ1) is 11.0. The van der Waals surface area contributed by atoms with Gasteiger partial charge < -0.3 is 9.47 Å². The van der Waals surface area contributed by atoms with Crippen molar-refractivity contribution in [3.8, 4) is 11.5 Å². The smallest absolute Gasteiger partial charge is 0.264 e. The van der Waals surface area contributed by atoms with Crippen LogP contribution in [0, 0.1) is 0 Å². The molecule has 0 aliphatic carbocycles. The van der Waals surface area contributed by atoms with Crippen LogP contribution in [0.25, 0.3) is 0 Å². The largest absolute Gasteiger partial charge is 0.497 e. The fourth-order valence-corrected chi connectivity index (χ4v) is 2.38. The Labute approximate surface area is 136 Å². The minimum Gasteiger partial charge on any atom is -0.497 e. The maximum absolute atomic E-state index is 10.9. The van der Waals surface area contributed by atoms with E-state index in [1.165, 1.54) is 0 Å². The van der Waals surface area contributed by atoms with Crippen LogP contribution in [0.2, 0.25) is 0 Å². The molecule has 0 unspecified atom stereocenters. The highest BCUT2D eigenvalue weighted by atomic mass is 32.2. The van der Waals surface area contributed by atoms with Gasteiger partial charge >= 0.3 is 0 Å². The monoisotopic (exact) mass is 336 g/mol. The molecule has 0 aliphatic rings. The molecule has 0 radical (unpaired) electrons. The lowest BCUT2D eigenvalue weighted by atomic mass is 10.1. The first-order valence-corrected chi connectivity index (χ1v) is 8.97. The molecule has 0 N–H and O–H groups in total. The molecule has 124 valence electrons. The molecule has 0 saturated heterocycles. The van der Waals surface area contributed by atoms with E-state index < -0.39 is 10.1 Å². The molecule has 5 nitrogen and oxygen atoms in total. The van der Waals surface area contributed by atoms with Crippen molar-refractivity contribution in [1.82, 2.24) is 0 Å². The second kappa shape index (κ2) is 7.99. The van der Waals surface area contributed by atoms with Gasteiger partial charge in [0.15, 0.2) is 0 Å². The minimum absolute atomic E-state index is 0.126. The maximum Gasteiger partial charge on any atom is 0.264 e. The highest BCUT2D eigenvalue weighted by molar-refractivity contribution is 7.85. The van der Waals surface area contributed by atoms with Crippen LogP contribution in [0.15, 0.2) is 48.5 Å². The van der Waals surface area contributed by atoms with Crippen molar-refractivity contribution in [3.05, 3.63) is 59.7 Å². The molecule has 2 aromatic carbocycles. The predicted octanol–water partition coefficient (Wildman–Crippen LogP) is 2.79. The predicted molar refractivity (Wildman–Crippen MR) is 88.3 cm³/mol. The van der Waals surface area contributed by atoms with Gasteiger partial charge in [-0.25, -0.2) is 0 Å². The molecule has 2 rings (SSSR count). The highest BCUT2D eigenvalue weighted by Gasteiger charge is 2.03. The summed E-state index contributed by atoms with van der Waals surface area (Å²) in [6, 6.07) is 15.2. The van der Waals surface area contributed by atoms with Crippen LogP contribution in [0.5, 0.6) is 11.5 Å². The molecule has 0 atom stereocenters. The molecule has 2 aromatic rings. The van der Waals surface area contributed by atoms with Crippen molar-refractivity contribution in [1.29, 1.82) is 0 Å². The SMILES string of the molecule is COc1ccc(COc2cccc(CCOS(C)(=O)=O)c2)cc1. The Morgan fingerprint density at radius 3 is 2.35 bits per heavy atom. The molecule has 0 fully saturated rings. The van der Waals surface area contributed by atoms with Gasteiger partial charge in [-0.15, -0.1) is 0 Å². The number of hydrogen-bond donors (Lipinski definition) is 0.